The lowest BCUT2D eigenvalue weighted by Crippen LogP contribution is -2.36. The second-order valence-corrected chi connectivity index (χ2v) is 5.58. The Morgan fingerprint density at radius 1 is 1.37 bits per heavy atom. The molecule has 4 heteroatoms. The molecular formula is C15H25N3O. The molecular weight excluding hydrogens is 238 g/mol. The molecule has 106 valence electrons. The number of ether oxygens (including phenoxy) is 1. The lowest BCUT2D eigenvalue weighted by atomic mass is 9.78. The zero-order chi connectivity index (χ0) is 13.9. The number of aromatic nitrogens is 2. The van der Waals surface area contributed by atoms with Crippen molar-refractivity contribution >= 4 is 5.82 Å². The highest BCUT2D eigenvalue weighted by Gasteiger charge is 2.39. The van der Waals surface area contributed by atoms with Gasteiger partial charge in [0.15, 0.2) is 5.82 Å². The predicted octanol–water partition coefficient (Wildman–Crippen LogP) is 3.27. The van der Waals surface area contributed by atoms with Crippen molar-refractivity contribution in [1.29, 1.82) is 0 Å². The van der Waals surface area contributed by atoms with Gasteiger partial charge in [-0.3, -0.25) is 0 Å². The van der Waals surface area contributed by atoms with Gasteiger partial charge in [-0.05, 0) is 45.4 Å². The molecule has 1 N–H and O–H groups in total. The molecule has 0 atom stereocenters. The topological polar surface area (TPSA) is 47.0 Å². The Kier molecular flexibility index (Phi) is 4.40. The van der Waals surface area contributed by atoms with Crippen LogP contribution in [0.1, 0.15) is 51.0 Å². The van der Waals surface area contributed by atoms with Gasteiger partial charge in [-0.1, -0.05) is 6.92 Å². The van der Waals surface area contributed by atoms with Crippen LogP contribution in [0.3, 0.4) is 0 Å². The minimum Gasteiger partial charge on any atom is -0.373 e. The zero-order valence-corrected chi connectivity index (χ0v) is 12.5. The number of aryl methyl sites for hydroxylation is 1. The molecule has 0 saturated heterocycles. The Morgan fingerprint density at radius 2 is 2.05 bits per heavy atom. The van der Waals surface area contributed by atoms with Crippen molar-refractivity contribution in [1.82, 2.24) is 9.97 Å². The fourth-order valence-corrected chi connectivity index (χ4v) is 2.84. The molecule has 0 unspecified atom stereocenters. The number of nitrogens with zero attached hydrogens (tertiary/aromatic N) is 2. The van der Waals surface area contributed by atoms with Gasteiger partial charge >= 0.3 is 0 Å². The van der Waals surface area contributed by atoms with Crippen molar-refractivity contribution in [3.05, 3.63) is 17.6 Å². The van der Waals surface area contributed by atoms with Crippen LogP contribution in [0.25, 0.3) is 0 Å². The summed E-state index contributed by atoms with van der Waals surface area (Å²) in [5, 5.41) is 3.11. The van der Waals surface area contributed by atoms with Crippen molar-refractivity contribution in [3.63, 3.8) is 0 Å². The summed E-state index contributed by atoms with van der Waals surface area (Å²) in [7, 11) is 1.89. The van der Waals surface area contributed by atoms with Gasteiger partial charge in [-0.2, -0.15) is 0 Å². The van der Waals surface area contributed by atoms with Gasteiger partial charge in [0, 0.05) is 25.4 Å². The maximum absolute atomic E-state index is 6.11. The van der Waals surface area contributed by atoms with E-state index in [4.69, 9.17) is 4.74 Å². The van der Waals surface area contributed by atoms with Crippen LogP contribution in [0.5, 0.6) is 0 Å². The molecule has 2 rings (SSSR count). The number of anilines is 1. The fraction of sp³-hybridized carbons (Fsp3) is 0.733. The normalized spacial score (nSPS) is 27.3. The van der Waals surface area contributed by atoms with Crippen LogP contribution in [0.4, 0.5) is 5.82 Å². The molecule has 1 aromatic heterocycles. The summed E-state index contributed by atoms with van der Waals surface area (Å²) in [4.78, 5) is 9.29. The first kappa shape index (κ1) is 14.3. The SMILES string of the molecule is CCOC1(c2nc(C)cc(NC)n2)CCC(C)CC1. The van der Waals surface area contributed by atoms with E-state index in [1.54, 1.807) is 0 Å². The molecule has 0 aliphatic heterocycles. The molecule has 1 saturated carbocycles. The summed E-state index contributed by atoms with van der Waals surface area (Å²) >= 11 is 0. The van der Waals surface area contributed by atoms with Crippen LogP contribution >= 0.6 is 0 Å². The molecule has 0 spiro atoms. The van der Waals surface area contributed by atoms with Crippen molar-refractivity contribution in [2.45, 2.75) is 52.1 Å². The van der Waals surface area contributed by atoms with Crippen LogP contribution in [0.2, 0.25) is 0 Å². The highest BCUT2D eigenvalue weighted by atomic mass is 16.5. The average molecular weight is 263 g/mol. The monoisotopic (exact) mass is 263 g/mol. The summed E-state index contributed by atoms with van der Waals surface area (Å²) in [5.41, 5.74) is 0.714. The molecule has 0 radical (unpaired) electrons. The molecule has 4 nitrogen and oxygen atoms in total. The van der Waals surface area contributed by atoms with Crippen LogP contribution in [0, 0.1) is 12.8 Å². The average Bonchev–Trinajstić information content (AvgIpc) is 2.41. The highest BCUT2D eigenvalue weighted by molar-refractivity contribution is 5.35. The quantitative estimate of drug-likeness (QED) is 0.905. The van der Waals surface area contributed by atoms with Gasteiger partial charge in [-0.15, -0.1) is 0 Å². The minimum atomic E-state index is -0.279. The highest BCUT2D eigenvalue weighted by Crippen LogP contribution is 2.41. The third-order valence-corrected chi connectivity index (χ3v) is 4.02. The van der Waals surface area contributed by atoms with Gasteiger partial charge < -0.3 is 10.1 Å². The Hall–Kier alpha value is -1.16. The van der Waals surface area contributed by atoms with Gasteiger partial charge in [0.2, 0.25) is 0 Å². The third-order valence-electron chi connectivity index (χ3n) is 4.02. The van der Waals surface area contributed by atoms with Crippen LogP contribution < -0.4 is 5.32 Å². The van der Waals surface area contributed by atoms with Crippen molar-refractivity contribution in [2.75, 3.05) is 19.0 Å². The largest absolute Gasteiger partial charge is 0.373 e. The molecule has 0 aromatic carbocycles. The van der Waals surface area contributed by atoms with E-state index < -0.39 is 0 Å². The van der Waals surface area contributed by atoms with E-state index in [0.29, 0.717) is 6.61 Å². The van der Waals surface area contributed by atoms with E-state index in [2.05, 4.69) is 29.1 Å². The summed E-state index contributed by atoms with van der Waals surface area (Å²) in [6.45, 7) is 7.08. The molecule has 0 amide bonds. The Bertz CT molecular complexity index is 425. The number of hydrogen-bond donors (Lipinski definition) is 1. The second kappa shape index (κ2) is 5.87. The van der Waals surface area contributed by atoms with E-state index in [9.17, 15) is 0 Å². The molecule has 19 heavy (non-hydrogen) atoms. The zero-order valence-electron chi connectivity index (χ0n) is 12.5. The molecule has 1 aromatic rings. The lowest BCUT2D eigenvalue weighted by Gasteiger charge is -2.38. The number of hydrogen-bond acceptors (Lipinski definition) is 4. The first-order valence-corrected chi connectivity index (χ1v) is 7.27. The van der Waals surface area contributed by atoms with Crippen molar-refractivity contribution < 1.29 is 4.74 Å². The minimum absolute atomic E-state index is 0.279. The number of rotatable bonds is 4. The van der Waals surface area contributed by atoms with Crippen LogP contribution in [0.15, 0.2) is 6.07 Å². The summed E-state index contributed by atoms with van der Waals surface area (Å²) in [6.07, 6.45) is 4.42. The summed E-state index contributed by atoms with van der Waals surface area (Å²) < 4.78 is 6.11. The number of nitrogens with one attached hydrogen (secondary N) is 1. The smallest absolute Gasteiger partial charge is 0.162 e. The second-order valence-electron chi connectivity index (χ2n) is 5.58. The Morgan fingerprint density at radius 3 is 2.63 bits per heavy atom. The molecule has 0 bridgehead atoms. The molecule has 1 fully saturated rings. The van der Waals surface area contributed by atoms with E-state index in [-0.39, 0.29) is 5.60 Å². The lowest BCUT2D eigenvalue weighted by molar-refractivity contribution is -0.0837. The van der Waals surface area contributed by atoms with Crippen molar-refractivity contribution in [2.24, 2.45) is 5.92 Å². The van der Waals surface area contributed by atoms with Gasteiger partial charge in [0.05, 0.1) is 0 Å². The molecule has 1 aliphatic rings. The van der Waals surface area contributed by atoms with E-state index in [1.165, 1.54) is 12.8 Å². The molecule has 1 aliphatic carbocycles. The predicted molar refractivity (Wildman–Crippen MR) is 77.3 cm³/mol. The van der Waals surface area contributed by atoms with Crippen LogP contribution in [-0.2, 0) is 10.3 Å². The van der Waals surface area contributed by atoms with Gasteiger partial charge in [-0.25, -0.2) is 9.97 Å². The van der Waals surface area contributed by atoms with E-state index in [0.717, 1.165) is 36.1 Å². The molecule has 1 heterocycles. The van der Waals surface area contributed by atoms with Gasteiger partial charge in [0.25, 0.3) is 0 Å². The third kappa shape index (κ3) is 3.06. The Balaban J connectivity index is 2.35. The fourth-order valence-electron chi connectivity index (χ4n) is 2.84. The maximum atomic E-state index is 6.11. The van der Waals surface area contributed by atoms with Crippen LogP contribution in [-0.4, -0.2) is 23.6 Å². The van der Waals surface area contributed by atoms with Gasteiger partial charge in [0.1, 0.15) is 11.4 Å². The first-order valence-electron chi connectivity index (χ1n) is 7.27. The standard InChI is InChI=1S/C15H25N3O/c1-5-19-15(8-6-11(2)7-9-15)14-17-12(3)10-13(16-4)18-14/h10-11H,5-9H2,1-4H3,(H,16,17,18). The van der Waals surface area contributed by atoms with Crippen molar-refractivity contribution in [3.8, 4) is 0 Å². The first-order chi connectivity index (χ1) is 9.09. The Labute approximate surface area is 116 Å². The van der Waals surface area contributed by atoms with E-state index >= 15 is 0 Å². The summed E-state index contributed by atoms with van der Waals surface area (Å²) in [5.74, 6) is 2.51. The maximum Gasteiger partial charge on any atom is 0.162 e. The van der Waals surface area contributed by atoms with E-state index in [1.807, 2.05) is 20.0 Å². The summed E-state index contributed by atoms with van der Waals surface area (Å²) in [6, 6.07) is 1.97.